The standard InChI is InChI=1S/C18H21BrN4O2/c19-12-4-3-5-13(10-12)23-17(24)7-2-1-6-14(18(21)25)15-11-22-9-8-16(15)20/h3-5,8-11,14H,1-2,6-7H2,(H2,20,22)(H2,21,25)(H,23,24). The molecule has 5 N–H and O–H groups in total. The van der Waals surface area contributed by atoms with E-state index in [-0.39, 0.29) is 5.91 Å². The summed E-state index contributed by atoms with van der Waals surface area (Å²) in [4.78, 5) is 27.7. The molecule has 132 valence electrons. The van der Waals surface area contributed by atoms with Crippen LogP contribution in [0.2, 0.25) is 0 Å². The summed E-state index contributed by atoms with van der Waals surface area (Å²) in [5.74, 6) is -0.977. The fraction of sp³-hybridized carbons (Fsp3) is 0.278. The lowest BCUT2D eigenvalue weighted by Crippen LogP contribution is -2.22. The number of anilines is 2. The van der Waals surface area contributed by atoms with E-state index in [1.54, 1.807) is 18.5 Å². The van der Waals surface area contributed by atoms with Crippen LogP contribution >= 0.6 is 15.9 Å². The molecule has 25 heavy (non-hydrogen) atoms. The third-order valence-corrected chi connectivity index (χ3v) is 4.35. The molecule has 2 aromatic rings. The van der Waals surface area contributed by atoms with E-state index in [1.807, 2.05) is 24.3 Å². The maximum absolute atomic E-state index is 12.0. The Morgan fingerprint density at radius 3 is 2.72 bits per heavy atom. The average molecular weight is 405 g/mol. The van der Waals surface area contributed by atoms with Crippen molar-refractivity contribution in [1.82, 2.24) is 4.98 Å². The van der Waals surface area contributed by atoms with Crippen molar-refractivity contribution in [1.29, 1.82) is 0 Å². The molecule has 0 bridgehead atoms. The molecule has 1 unspecified atom stereocenters. The first-order valence-corrected chi connectivity index (χ1v) is 8.81. The molecule has 1 aromatic carbocycles. The molecular weight excluding hydrogens is 384 g/mol. The van der Waals surface area contributed by atoms with Gasteiger partial charge in [0.25, 0.3) is 0 Å². The van der Waals surface area contributed by atoms with Gasteiger partial charge in [0.15, 0.2) is 0 Å². The molecule has 0 spiro atoms. The monoisotopic (exact) mass is 404 g/mol. The van der Waals surface area contributed by atoms with Gasteiger partial charge in [0.1, 0.15) is 0 Å². The maximum Gasteiger partial charge on any atom is 0.225 e. The molecule has 0 fully saturated rings. The van der Waals surface area contributed by atoms with Gasteiger partial charge in [-0.05, 0) is 37.1 Å². The Balaban J connectivity index is 1.81. The number of nitrogens with two attached hydrogens (primary N) is 2. The average Bonchev–Trinajstić information content (AvgIpc) is 2.55. The third kappa shape index (κ3) is 5.86. The van der Waals surface area contributed by atoms with E-state index in [0.29, 0.717) is 36.9 Å². The molecule has 1 aromatic heterocycles. The Labute approximate surface area is 155 Å². The van der Waals surface area contributed by atoms with Crippen LogP contribution in [0.25, 0.3) is 0 Å². The zero-order chi connectivity index (χ0) is 18.2. The smallest absolute Gasteiger partial charge is 0.225 e. The largest absolute Gasteiger partial charge is 0.398 e. The number of benzene rings is 1. The Hall–Kier alpha value is -2.41. The molecule has 2 rings (SSSR count). The van der Waals surface area contributed by atoms with Crippen molar-refractivity contribution in [3.63, 3.8) is 0 Å². The van der Waals surface area contributed by atoms with Crippen LogP contribution < -0.4 is 16.8 Å². The van der Waals surface area contributed by atoms with E-state index < -0.39 is 11.8 Å². The molecule has 2 amide bonds. The third-order valence-electron chi connectivity index (χ3n) is 3.86. The number of unbranched alkanes of at least 4 members (excludes halogenated alkanes) is 1. The van der Waals surface area contributed by atoms with Gasteiger partial charge >= 0.3 is 0 Å². The lowest BCUT2D eigenvalue weighted by Gasteiger charge is -2.15. The molecule has 1 atom stereocenters. The first-order chi connectivity index (χ1) is 12.0. The topological polar surface area (TPSA) is 111 Å². The van der Waals surface area contributed by atoms with Crippen LogP contribution in [-0.4, -0.2) is 16.8 Å². The molecule has 7 heteroatoms. The van der Waals surface area contributed by atoms with Crippen LogP contribution in [0.4, 0.5) is 11.4 Å². The Morgan fingerprint density at radius 1 is 1.24 bits per heavy atom. The molecule has 0 radical (unpaired) electrons. The summed E-state index contributed by atoms with van der Waals surface area (Å²) in [7, 11) is 0. The van der Waals surface area contributed by atoms with Gasteiger partial charge in [-0.3, -0.25) is 14.6 Å². The number of carbonyl (C=O) groups is 2. The molecular formula is C18H21BrN4O2. The Kier molecular flexibility index (Phi) is 6.94. The van der Waals surface area contributed by atoms with E-state index in [4.69, 9.17) is 11.5 Å². The van der Waals surface area contributed by atoms with Gasteiger partial charge in [0, 0.05) is 40.2 Å². The number of aromatic nitrogens is 1. The second-order valence-corrected chi connectivity index (χ2v) is 6.68. The number of hydrogen-bond acceptors (Lipinski definition) is 4. The Morgan fingerprint density at radius 2 is 2.04 bits per heavy atom. The van der Waals surface area contributed by atoms with Gasteiger partial charge < -0.3 is 16.8 Å². The van der Waals surface area contributed by atoms with E-state index >= 15 is 0 Å². The van der Waals surface area contributed by atoms with Gasteiger partial charge in [0.2, 0.25) is 11.8 Å². The normalized spacial score (nSPS) is 11.7. The van der Waals surface area contributed by atoms with Crippen LogP contribution in [0.5, 0.6) is 0 Å². The number of amides is 2. The zero-order valence-electron chi connectivity index (χ0n) is 13.7. The zero-order valence-corrected chi connectivity index (χ0v) is 15.3. The summed E-state index contributed by atoms with van der Waals surface area (Å²) >= 11 is 3.36. The highest BCUT2D eigenvalue weighted by Gasteiger charge is 2.20. The quantitative estimate of drug-likeness (QED) is 0.586. The number of nitrogens with zero attached hydrogens (tertiary/aromatic N) is 1. The second-order valence-electron chi connectivity index (χ2n) is 5.76. The number of carbonyl (C=O) groups excluding carboxylic acids is 2. The molecule has 0 saturated heterocycles. The SMILES string of the molecule is NC(=O)C(CCCCC(=O)Nc1cccc(Br)c1)c1cnccc1N. The van der Waals surface area contributed by atoms with Crippen LogP contribution in [0.15, 0.2) is 47.2 Å². The Bertz CT molecular complexity index is 751. The number of pyridine rings is 1. The van der Waals surface area contributed by atoms with Gasteiger partial charge in [-0.15, -0.1) is 0 Å². The number of nitrogen functional groups attached to an aromatic ring is 1. The highest BCUT2D eigenvalue weighted by atomic mass is 79.9. The molecule has 1 heterocycles. The lowest BCUT2D eigenvalue weighted by atomic mass is 9.92. The van der Waals surface area contributed by atoms with Gasteiger partial charge in [-0.2, -0.15) is 0 Å². The van der Waals surface area contributed by atoms with Crippen molar-refractivity contribution >= 4 is 39.1 Å². The summed E-state index contributed by atoms with van der Waals surface area (Å²) in [5, 5.41) is 2.84. The van der Waals surface area contributed by atoms with E-state index in [9.17, 15) is 9.59 Å². The fourth-order valence-electron chi connectivity index (χ4n) is 2.58. The highest BCUT2D eigenvalue weighted by molar-refractivity contribution is 9.10. The van der Waals surface area contributed by atoms with Gasteiger partial charge in [-0.25, -0.2) is 0 Å². The van der Waals surface area contributed by atoms with Crippen molar-refractivity contribution < 1.29 is 9.59 Å². The molecule has 6 nitrogen and oxygen atoms in total. The van der Waals surface area contributed by atoms with E-state index in [2.05, 4.69) is 26.2 Å². The predicted molar refractivity (Wildman–Crippen MR) is 102 cm³/mol. The minimum atomic E-state index is -0.484. The minimum Gasteiger partial charge on any atom is -0.398 e. The summed E-state index contributed by atoms with van der Waals surface area (Å²) in [6.45, 7) is 0. The highest BCUT2D eigenvalue weighted by Crippen LogP contribution is 2.26. The number of primary amides is 1. The van der Waals surface area contributed by atoms with Crippen molar-refractivity contribution in [2.24, 2.45) is 5.73 Å². The maximum atomic E-state index is 12.0. The number of nitrogens with one attached hydrogen (secondary N) is 1. The minimum absolute atomic E-state index is 0.0605. The number of rotatable bonds is 8. The molecule has 0 aliphatic carbocycles. The summed E-state index contributed by atoms with van der Waals surface area (Å²) < 4.78 is 0.906. The summed E-state index contributed by atoms with van der Waals surface area (Å²) in [6, 6.07) is 9.07. The van der Waals surface area contributed by atoms with Crippen molar-refractivity contribution in [3.8, 4) is 0 Å². The first-order valence-electron chi connectivity index (χ1n) is 8.01. The summed E-state index contributed by atoms with van der Waals surface area (Å²) in [5.41, 5.74) is 13.3. The van der Waals surface area contributed by atoms with Crippen molar-refractivity contribution in [3.05, 3.63) is 52.8 Å². The van der Waals surface area contributed by atoms with Gasteiger partial charge in [0.05, 0.1) is 5.92 Å². The molecule has 0 aliphatic rings. The summed E-state index contributed by atoms with van der Waals surface area (Å²) in [6.07, 6.45) is 5.40. The lowest BCUT2D eigenvalue weighted by molar-refractivity contribution is -0.119. The molecule has 0 aliphatic heterocycles. The van der Waals surface area contributed by atoms with Gasteiger partial charge in [-0.1, -0.05) is 28.4 Å². The fourth-order valence-corrected chi connectivity index (χ4v) is 2.98. The van der Waals surface area contributed by atoms with Crippen LogP contribution in [0.1, 0.15) is 37.2 Å². The van der Waals surface area contributed by atoms with Crippen molar-refractivity contribution in [2.45, 2.75) is 31.6 Å². The number of halogens is 1. The number of hydrogen-bond donors (Lipinski definition) is 3. The van der Waals surface area contributed by atoms with Crippen molar-refractivity contribution in [2.75, 3.05) is 11.1 Å². The second kappa shape index (κ2) is 9.17. The van der Waals surface area contributed by atoms with Crippen LogP contribution in [0.3, 0.4) is 0 Å². The molecule has 0 saturated carbocycles. The van der Waals surface area contributed by atoms with E-state index in [0.717, 1.165) is 10.2 Å². The first kappa shape index (κ1) is 18.9. The predicted octanol–water partition coefficient (Wildman–Crippen LogP) is 3.19. The van der Waals surface area contributed by atoms with Crippen LogP contribution in [-0.2, 0) is 9.59 Å². The van der Waals surface area contributed by atoms with Crippen LogP contribution in [0, 0.1) is 0 Å². The van der Waals surface area contributed by atoms with E-state index in [1.165, 1.54) is 0 Å².